The fourth-order valence-corrected chi connectivity index (χ4v) is 0.488. The predicted octanol–water partition coefficient (Wildman–Crippen LogP) is -0.272. The number of aromatic amines is 1. The molecule has 0 aromatic carbocycles. The van der Waals surface area contributed by atoms with E-state index < -0.39 is 0 Å². The lowest BCUT2D eigenvalue weighted by Gasteiger charge is -1.84. The Morgan fingerprint density at radius 3 is 2.89 bits per heavy atom. The molecule has 4 nitrogen and oxygen atoms in total. The van der Waals surface area contributed by atoms with Gasteiger partial charge in [-0.05, 0) is 6.54 Å². The van der Waals surface area contributed by atoms with Gasteiger partial charge in [0.1, 0.15) is 12.2 Å². The molecule has 0 amide bonds. The second-order valence-corrected chi connectivity index (χ2v) is 1.47. The van der Waals surface area contributed by atoms with Gasteiger partial charge in [-0.15, -0.1) is 12.4 Å². The number of nitrogens with zero attached hydrogens (tertiary/aromatic N) is 2. The minimum absolute atomic E-state index is 0. The standard InChI is InChI=1S/C4H8N4.ClH/c5-2-1-4-6-3-7-8-4;/h3H,1-2,5H2,(H,6,7,8);1H. The fourth-order valence-electron chi connectivity index (χ4n) is 0.488. The first-order chi connectivity index (χ1) is 3.93. The molecule has 1 rings (SSSR count). The number of nitrogens with two attached hydrogens (primary N) is 1. The van der Waals surface area contributed by atoms with E-state index >= 15 is 0 Å². The van der Waals surface area contributed by atoms with E-state index in [1.54, 1.807) is 0 Å². The second kappa shape index (κ2) is 4.29. The molecule has 0 atom stereocenters. The Labute approximate surface area is 59.3 Å². The SMILES string of the molecule is Cl.NCCc1ncn[nH]1. The number of hydrogen-bond donors (Lipinski definition) is 2. The van der Waals surface area contributed by atoms with Crippen LogP contribution in [0.25, 0.3) is 0 Å². The van der Waals surface area contributed by atoms with Crippen molar-refractivity contribution in [1.29, 1.82) is 0 Å². The third-order valence-electron chi connectivity index (χ3n) is 0.846. The van der Waals surface area contributed by atoms with E-state index in [0.29, 0.717) is 6.54 Å². The van der Waals surface area contributed by atoms with Crippen LogP contribution >= 0.6 is 12.4 Å². The molecule has 0 saturated carbocycles. The molecule has 9 heavy (non-hydrogen) atoms. The van der Waals surface area contributed by atoms with Crippen LogP contribution in [0.4, 0.5) is 0 Å². The summed E-state index contributed by atoms with van der Waals surface area (Å²) < 4.78 is 0. The smallest absolute Gasteiger partial charge is 0.137 e. The number of aromatic nitrogens is 3. The summed E-state index contributed by atoms with van der Waals surface area (Å²) in [6.45, 7) is 0.620. The quantitative estimate of drug-likeness (QED) is 0.607. The van der Waals surface area contributed by atoms with Crippen molar-refractivity contribution in [3.8, 4) is 0 Å². The Balaban J connectivity index is 0.000000640. The highest BCUT2D eigenvalue weighted by Gasteiger charge is 1.88. The van der Waals surface area contributed by atoms with Crippen LogP contribution in [0.2, 0.25) is 0 Å². The third-order valence-corrected chi connectivity index (χ3v) is 0.846. The highest BCUT2D eigenvalue weighted by Crippen LogP contribution is 1.82. The van der Waals surface area contributed by atoms with Gasteiger partial charge < -0.3 is 5.73 Å². The number of H-pyrrole nitrogens is 1. The summed E-state index contributed by atoms with van der Waals surface area (Å²) >= 11 is 0. The first kappa shape index (κ1) is 8.39. The lowest BCUT2D eigenvalue weighted by atomic mass is 10.4. The van der Waals surface area contributed by atoms with Crippen LogP contribution in [0, 0.1) is 0 Å². The van der Waals surface area contributed by atoms with E-state index in [9.17, 15) is 0 Å². The predicted molar refractivity (Wildman–Crippen MR) is 36.4 cm³/mol. The summed E-state index contributed by atoms with van der Waals surface area (Å²) in [5.74, 6) is 0.854. The van der Waals surface area contributed by atoms with Crippen molar-refractivity contribution < 1.29 is 0 Å². The molecule has 0 unspecified atom stereocenters. The average molecular weight is 149 g/mol. The minimum Gasteiger partial charge on any atom is -0.330 e. The maximum Gasteiger partial charge on any atom is 0.137 e. The van der Waals surface area contributed by atoms with Crippen molar-refractivity contribution in [3.05, 3.63) is 12.2 Å². The summed E-state index contributed by atoms with van der Waals surface area (Å²) in [6, 6.07) is 0. The van der Waals surface area contributed by atoms with Crippen molar-refractivity contribution in [3.63, 3.8) is 0 Å². The maximum absolute atomic E-state index is 5.23. The highest BCUT2D eigenvalue weighted by molar-refractivity contribution is 5.85. The minimum atomic E-state index is 0. The van der Waals surface area contributed by atoms with Gasteiger partial charge in [0, 0.05) is 6.42 Å². The van der Waals surface area contributed by atoms with Gasteiger partial charge in [0.25, 0.3) is 0 Å². The highest BCUT2D eigenvalue weighted by atomic mass is 35.5. The molecular weight excluding hydrogens is 140 g/mol. The molecule has 3 N–H and O–H groups in total. The van der Waals surface area contributed by atoms with Gasteiger partial charge in [0.2, 0.25) is 0 Å². The molecule has 0 fully saturated rings. The zero-order valence-electron chi connectivity index (χ0n) is 4.87. The molecule has 1 heterocycles. The van der Waals surface area contributed by atoms with Crippen LogP contribution in [-0.2, 0) is 6.42 Å². The molecule has 0 aliphatic rings. The average Bonchev–Trinajstić information content (AvgIpc) is 2.19. The zero-order chi connectivity index (χ0) is 5.82. The van der Waals surface area contributed by atoms with Gasteiger partial charge in [-0.2, -0.15) is 5.10 Å². The lowest BCUT2D eigenvalue weighted by Crippen LogP contribution is -2.03. The van der Waals surface area contributed by atoms with Gasteiger partial charge >= 0.3 is 0 Å². The van der Waals surface area contributed by atoms with Crippen LogP contribution in [0.3, 0.4) is 0 Å². The van der Waals surface area contributed by atoms with Crippen LogP contribution in [-0.4, -0.2) is 21.7 Å². The van der Waals surface area contributed by atoms with E-state index in [1.165, 1.54) is 6.33 Å². The summed E-state index contributed by atoms with van der Waals surface area (Å²) in [6.07, 6.45) is 2.25. The van der Waals surface area contributed by atoms with Gasteiger partial charge in [0.05, 0.1) is 0 Å². The second-order valence-electron chi connectivity index (χ2n) is 1.47. The number of halogens is 1. The van der Waals surface area contributed by atoms with Crippen LogP contribution < -0.4 is 5.73 Å². The van der Waals surface area contributed by atoms with Gasteiger partial charge in [0.15, 0.2) is 0 Å². The Kier molecular flexibility index (Phi) is 4.00. The van der Waals surface area contributed by atoms with Gasteiger partial charge in [-0.1, -0.05) is 0 Å². The van der Waals surface area contributed by atoms with Crippen molar-refractivity contribution in [2.45, 2.75) is 6.42 Å². The number of rotatable bonds is 2. The molecule has 5 heteroatoms. The lowest BCUT2D eigenvalue weighted by molar-refractivity contribution is 0.874. The summed E-state index contributed by atoms with van der Waals surface area (Å²) in [7, 11) is 0. The number of hydrogen-bond acceptors (Lipinski definition) is 3. The van der Waals surface area contributed by atoms with E-state index in [-0.39, 0.29) is 12.4 Å². The van der Waals surface area contributed by atoms with Crippen LogP contribution in [0.1, 0.15) is 5.82 Å². The molecule has 1 aromatic heterocycles. The van der Waals surface area contributed by atoms with E-state index in [4.69, 9.17) is 5.73 Å². The Morgan fingerprint density at radius 1 is 1.67 bits per heavy atom. The molecular formula is C4H9ClN4. The topological polar surface area (TPSA) is 67.6 Å². The summed E-state index contributed by atoms with van der Waals surface area (Å²) in [5, 5.41) is 6.35. The molecule has 0 saturated heterocycles. The number of nitrogens with one attached hydrogen (secondary N) is 1. The zero-order valence-corrected chi connectivity index (χ0v) is 5.69. The van der Waals surface area contributed by atoms with Gasteiger partial charge in [-0.25, -0.2) is 4.98 Å². The Hall–Kier alpha value is -0.610. The van der Waals surface area contributed by atoms with Crippen LogP contribution in [0.15, 0.2) is 6.33 Å². The summed E-state index contributed by atoms with van der Waals surface area (Å²) in [4.78, 5) is 3.86. The molecule has 0 spiro atoms. The molecule has 52 valence electrons. The Bertz CT molecular complexity index is 138. The van der Waals surface area contributed by atoms with E-state index in [0.717, 1.165) is 12.2 Å². The summed E-state index contributed by atoms with van der Waals surface area (Å²) in [5.41, 5.74) is 5.23. The maximum atomic E-state index is 5.23. The molecule has 0 aliphatic heterocycles. The van der Waals surface area contributed by atoms with E-state index in [2.05, 4.69) is 15.2 Å². The van der Waals surface area contributed by atoms with Crippen molar-refractivity contribution in [1.82, 2.24) is 15.2 Å². The molecule has 0 bridgehead atoms. The molecule has 1 aromatic rings. The van der Waals surface area contributed by atoms with Gasteiger partial charge in [-0.3, -0.25) is 5.10 Å². The molecule has 0 aliphatic carbocycles. The first-order valence-electron chi connectivity index (χ1n) is 2.48. The third kappa shape index (κ3) is 2.43. The van der Waals surface area contributed by atoms with Crippen LogP contribution in [0.5, 0.6) is 0 Å². The monoisotopic (exact) mass is 148 g/mol. The molecule has 0 radical (unpaired) electrons. The first-order valence-corrected chi connectivity index (χ1v) is 2.48. The fraction of sp³-hybridized carbons (Fsp3) is 0.500. The van der Waals surface area contributed by atoms with E-state index in [1.807, 2.05) is 0 Å². The van der Waals surface area contributed by atoms with Crippen molar-refractivity contribution in [2.24, 2.45) is 5.73 Å². The van der Waals surface area contributed by atoms with Crippen molar-refractivity contribution in [2.75, 3.05) is 6.54 Å². The van der Waals surface area contributed by atoms with Crippen molar-refractivity contribution >= 4 is 12.4 Å². The Morgan fingerprint density at radius 2 is 2.44 bits per heavy atom. The largest absolute Gasteiger partial charge is 0.330 e. The normalized spacial score (nSPS) is 8.56.